The third kappa shape index (κ3) is 4.94. The summed E-state index contributed by atoms with van der Waals surface area (Å²) in [4.78, 5) is 15.3. The molecule has 0 saturated carbocycles. The second-order valence-electron chi connectivity index (χ2n) is 14.4. The molecule has 4 heterocycles. The van der Waals surface area contributed by atoms with E-state index in [1.807, 2.05) is 72.8 Å². The molecule has 12 aromatic rings. The van der Waals surface area contributed by atoms with Gasteiger partial charge >= 0.3 is 0 Å². The minimum Gasteiger partial charge on any atom is -0.456 e. The Morgan fingerprint density at radius 2 is 0.912 bits per heavy atom. The van der Waals surface area contributed by atoms with Crippen LogP contribution in [0.1, 0.15) is 0 Å². The predicted octanol–water partition coefficient (Wildman–Crippen LogP) is 13.4. The second kappa shape index (κ2) is 12.3. The fourth-order valence-corrected chi connectivity index (χ4v) is 8.48. The number of furan rings is 2. The van der Waals surface area contributed by atoms with Crippen molar-refractivity contribution in [3.63, 3.8) is 0 Å². The van der Waals surface area contributed by atoms with Gasteiger partial charge in [0.25, 0.3) is 0 Å². The highest BCUT2D eigenvalue weighted by atomic mass is 16.3. The highest BCUT2D eigenvalue weighted by Crippen LogP contribution is 2.41. The molecule has 0 bridgehead atoms. The molecule has 0 saturated heterocycles. The van der Waals surface area contributed by atoms with Crippen molar-refractivity contribution in [1.29, 1.82) is 0 Å². The zero-order valence-electron chi connectivity index (χ0n) is 30.4. The third-order valence-corrected chi connectivity index (χ3v) is 11.1. The Labute approximate surface area is 325 Å². The molecule has 0 aliphatic heterocycles. The molecule has 0 atom stereocenters. The van der Waals surface area contributed by atoms with Gasteiger partial charge in [0.15, 0.2) is 17.5 Å². The topological polar surface area (TPSA) is 69.9 Å². The number of nitrogens with zero attached hydrogens (tertiary/aromatic N) is 4. The van der Waals surface area contributed by atoms with Crippen LogP contribution in [-0.4, -0.2) is 19.5 Å². The molecule has 4 aromatic heterocycles. The lowest BCUT2D eigenvalue weighted by molar-refractivity contribution is 0.668. The van der Waals surface area contributed by atoms with Crippen LogP contribution in [0.25, 0.3) is 117 Å². The van der Waals surface area contributed by atoms with Gasteiger partial charge in [0.2, 0.25) is 0 Å². The van der Waals surface area contributed by atoms with Crippen LogP contribution in [0, 0.1) is 0 Å². The monoisotopic (exact) mass is 730 g/mol. The van der Waals surface area contributed by atoms with Crippen LogP contribution in [-0.2, 0) is 0 Å². The van der Waals surface area contributed by atoms with Crippen molar-refractivity contribution in [3.05, 3.63) is 182 Å². The average molecular weight is 731 g/mol. The molecular weight excluding hydrogens is 701 g/mol. The fraction of sp³-hybridized carbons (Fsp3) is 0. The fourth-order valence-electron chi connectivity index (χ4n) is 8.48. The first-order chi connectivity index (χ1) is 28.2. The maximum Gasteiger partial charge on any atom is 0.164 e. The van der Waals surface area contributed by atoms with Gasteiger partial charge in [-0.25, -0.2) is 15.0 Å². The molecule has 57 heavy (non-hydrogen) atoms. The van der Waals surface area contributed by atoms with Crippen LogP contribution in [0.3, 0.4) is 0 Å². The first-order valence-electron chi connectivity index (χ1n) is 19.0. The Kier molecular flexibility index (Phi) is 6.83. The molecule has 0 aliphatic carbocycles. The largest absolute Gasteiger partial charge is 0.456 e. The molecule has 0 aliphatic rings. The summed E-state index contributed by atoms with van der Waals surface area (Å²) in [5, 5.41) is 6.46. The number of aromatic nitrogens is 4. The van der Waals surface area contributed by atoms with Crippen molar-refractivity contribution in [2.24, 2.45) is 0 Å². The summed E-state index contributed by atoms with van der Waals surface area (Å²) in [6.45, 7) is 0. The highest BCUT2D eigenvalue weighted by Gasteiger charge is 2.20. The molecule has 0 radical (unpaired) electrons. The maximum absolute atomic E-state index is 6.46. The molecule has 6 nitrogen and oxygen atoms in total. The molecule has 8 aromatic carbocycles. The molecule has 0 fully saturated rings. The van der Waals surface area contributed by atoms with E-state index in [9.17, 15) is 0 Å². The van der Waals surface area contributed by atoms with E-state index in [0.29, 0.717) is 17.5 Å². The van der Waals surface area contributed by atoms with Crippen LogP contribution in [0.5, 0.6) is 0 Å². The number of fused-ring (bicyclic) bond motifs is 9. The van der Waals surface area contributed by atoms with Crippen LogP contribution in [0.4, 0.5) is 0 Å². The molecule has 0 spiro atoms. The number of hydrogen-bond acceptors (Lipinski definition) is 5. The van der Waals surface area contributed by atoms with Gasteiger partial charge in [0.1, 0.15) is 22.3 Å². The Morgan fingerprint density at radius 3 is 1.74 bits per heavy atom. The lowest BCUT2D eigenvalue weighted by Gasteiger charge is -2.12. The number of para-hydroxylation sites is 4. The summed E-state index contributed by atoms with van der Waals surface area (Å²) in [5.41, 5.74) is 11.6. The van der Waals surface area contributed by atoms with E-state index in [0.717, 1.165) is 77.4 Å². The smallest absolute Gasteiger partial charge is 0.164 e. The van der Waals surface area contributed by atoms with Crippen LogP contribution in [0.2, 0.25) is 0 Å². The van der Waals surface area contributed by atoms with Gasteiger partial charge in [-0.1, -0.05) is 121 Å². The average Bonchev–Trinajstić information content (AvgIpc) is 3.96. The lowest BCUT2D eigenvalue weighted by Crippen LogP contribution is -2.00. The molecular formula is C51H30N4O2. The maximum atomic E-state index is 6.46. The van der Waals surface area contributed by atoms with Crippen LogP contribution < -0.4 is 0 Å². The molecule has 0 unspecified atom stereocenters. The molecule has 0 amide bonds. The molecule has 0 N–H and O–H groups in total. The second-order valence-corrected chi connectivity index (χ2v) is 14.4. The minimum atomic E-state index is 0.577. The van der Waals surface area contributed by atoms with Gasteiger partial charge in [-0.2, -0.15) is 0 Å². The summed E-state index contributed by atoms with van der Waals surface area (Å²) in [6.07, 6.45) is 0. The number of rotatable bonds is 5. The summed E-state index contributed by atoms with van der Waals surface area (Å²) >= 11 is 0. The summed E-state index contributed by atoms with van der Waals surface area (Å²) in [6, 6.07) is 62.7. The predicted molar refractivity (Wildman–Crippen MR) is 230 cm³/mol. The van der Waals surface area contributed by atoms with Gasteiger partial charge in [-0.3, -0.25) is 0 Å². The van der Waals surface area contributed by atoms with Crippen molar-refractivity contribution < 1.29 is 8.83 Å². The number of benzene rings is 8. The van der Waals surface area contributed by atoms with E-state index >= 15 is 0 Å². The standard InChI is InChI=1S/C51H30N4O2/c1-3-13-31(14-4-1)49-52-50(54-51(53-49)39-21-12-24-46-47(39)38-18-8-10-23-43(38)57-46)33-26-28-45-41(30-33)40-29-32(25-27-44(40)56-45)35-19-11-20-37-36-17-7-9-22-42(36)55(48(35)37)34-15-5-2-6-16-34/h1-30H. The van der Waals surface area contributed by atoms with Gasteiger partial charge in [-0.15, -0.1) is 0 Å². The zero-order chi connectivity index (χ0) is 37.5. The zero-order valence-corrected chi connectivity index (χ0v) is 30.4. The van der Waals surface area contributed by atoms with Crippen molar-refractivity contribution in [3.8, 4) is 51.0 Å². The molecule has 266 valence electrons. The lowest BCUT2D eigenvalue weighted by atomic mass is 9.99. The van der Waals surface area contributed by atoms with E-state index in [-0.39, 0.29) is 0 Å². The van der Waals surface area contributed by atoms with Crippen molar-refractivity contribution in [2.75, 3.05) is 0 Å². The molecule has 6 heteroatoms. The first kappa shape index (κ1) is 31.5. The van der Waals surface area contributed by atoms with E-state index in [4.69, 9.17) is 23.8 Å². The van der Waals surface area contributed by atoms with Gasteiger partial charge < -0.3 is 13.4 Å². The van der Waals surface area contributed by atoms with Crippen LogP contribution >= 0.6 is 0 Å². The Hall–Kier alpha value is -7.83. The van der Waals surface area contributed by atoms with Gasteiger partial charge in [0, 0.05) is 60.3 Å². The minimum absolute atomic E-state index is 0.577. The van der Waals surface area contributed by atoms with E-state index < -0.39 is 0 Å². The summed E-state index contributed by atoms with van der Waals surface area (Å²) in [7, 11) is 0. The van der Waals surface area contributed by atoms with Crippen molar-refractivity contribution >= 4 is 65.7 Å². The Balaban J connectivity index is 1.06. The van der Waals surface area contributed by atoms with Crippen LogP contribution in [0.15, 0.2) is 191 Å². The first-order valence-corrected chi connectivity index (χ1v) is 19.0. The normalized spacial score (nSPS) is 11.9. The van der Waals surface area contributed by atoms with E-state index in [1.165, 1.54) is 21.8 Å². The van der Waals surface area contributed by atoms with Crippen molar-refractivity contribution in [1.82, 2.24) is 19.5 Å². The third-order valence-electron chi connectivity index (χ3n) is 11.1. The quantitative estimate of drug-likeness (QED) is 0.176. The Morgan fingerprint density at radius 1 is 0.351 bits per heavy atom. The van der Waals surface area contributed by atoms with E-state index in [2.05, 4.69) is 114 Å². The SMILES string of the molecule is c1ccc(-c2nc(-c3ccc4oc5ccc(-c6cccc7c8ccccc8n(-c8ccccc8)c67)cc5c4c3)nc(-c3cccc4oc5ccccc5c34)n2)cc1. The summed E-state index contributed by atoms with van der Waals surface area (Å²) < 4.78 is 15.1. The van der Waals surface area contributed by atoms with Gasteiger partial charge in [0.05, 0.1) is 11.0 Å². The summed E-state index contributed by atoms with van der Waals surface area (Å²) in [5.74, 6) is 1.76. The molecule has 12 rings (SSSR count). The van der Waals surface area contributed by atoms with E-state index in [1.54, 1.807) is 0 Å². The number of hydrogen-bond donors (Lipinski definition) is 0. The van der Waals surface area contributed by atoms with Crippen molar-refractivity contribution in [2.45, 2.75) is 0 Å². The Bertz CT molecular complexity index is 3530. The highest BCUT2D eigenvalue weighted by molar-refractivity contribution is 6.15. The van der Waals surface area contributed by atoms with Gasteiger partial charge in [-0.05, 0) is 66.2 Å².